The highest BCUT2D eigenvalue weighted by molar-refractivity contribution is 8.04. The van der Waals surface area contributed by atoms with Crippen molar-refractivity contribution in [2.75, 3.05) is 27.2 Å². The van der Waals surface area contributed by atoms with Crippen LogP contribution in [0.2, 0.25) is 0 Å². The molecule has 6 heterocycles. The normalized spacial score (nSPS) is 18.1. The highest BCUT2D eigenvalue weighted by Crippen LogP contribution is 2.53. The molecule has 0 bridgehead atoms. The third kappa shape index (κ3) is 6.41. The lowest BCUT2D eigenvalue weighted by Crippen LogP contribution is -2.37. The minimum absolute atomic E-state index is 0.205. The second-order valence-electron chi connectivity index (χ2n) is 12.7. The number of rotatable bonds is 8. The summed E-state index contributed by atoms with van der Waals surface area (Å²) in [5.41, 5.74) is 4.83. The molecule has 4 aromatic carbocycles. The maximum absolute atomic E-state index is 5.79. The van der Waals surface area contributed by atoms with Gasteiger partial charge < -0.3 is 37.9 Å². The fraction of sp³-hybridized carbons (Fsp3) is 0.250. The van der Waals surface area contributed by atoms with Gasteiger partial charge in [0.05, 0.1) is 0 Å². The minimum atomic E-state index is -0.205. The predicted molar refractivity (Wildman–Crippen MR) is 191 cm³/mol. The number of allylic oxidation sites excluding steroid dienone is 2. The number of hydrogen-bond donors (Lipinski definition) is 0. The van der Waals surface area contributed by atoms with Crippen LogP contribution >= 0.6 is 23.1 Å². The van der Waals surface area contributed by atoms with Crippen molar-refractivity contribution in [1.29, 1.82) is 0 Å². The average Bonchev–Trinajstić information content (AvgIpc) is 3.98. The Balaban J connectivity index is 0.000000621. The van der Waals surface area contributed by atoms with Gasteiger partial charge in [0.2, 0.25) is 27.2 Å². The van der Waals surface area contributed by atoms with E-state index in [4.69, 9.17) is 37.9 Å². The van der Waals surface area contributed by atoms with E-state index in [1.165, 1.54) is 27.2 Å². The summed E-state index contributed by atoms with van der Waals surface area (Å²) < 4.78 is 45.3. The van der Waals surface area contributed by atoms with Crippen molar-refractivity contribution in [1.82, 2.24) is 0 Å². The third-order valence-corrected chi connectivity index (χ3v) is 11.6. The zero-order chi connectivity index (χ0) is 33.3. The monoisotopic (exact) mass is 706 g/mol. The van der Waals surface area contributed by atoms with Crippen molar-refractivity contribution in [3.05, 3.63) is 129 Å². The zero-order valence-electron chi connectivity index (χ0n) is 27.1. The van der Waals surface area contributed by atoms with Crippen molar-refractivity contribution in [2.45, 2.75) is 30.4 Å². The first-order chi connectivity index (χ1) is 24.7. The summed E-state index contributed by atoms with van der Waals surface area (Å²) in [4.78, 5) is 1.33. The molecule has 0 amide bonds. The molecule has 10 rings (SSSR count). The maximum atomic E-state index is 5.79. The van der Waals surface area contributed by atoms with Crippen molar-refractivity contribution < 1.29 is 37.9 Å². The Morgan fingerprint density at radius 1 is 0.500 bits per heavy atom. The van der Waals surface area contributed by atoms with Crippen LogP contribution in [-0.2, 0) is 25.7 Å². The topological polar surface area (TPSA) is 73.8 Å². The summed E-state index contributed by atoms with van der Waals surface area (Å²) in [6.07, 6.45) is 5.81. The molecule has 50 heavy (non-hydrogen) atoms. The van der Waals surface area contributed by atoms with E-state index in [1.807, 2.05) is 58.9 Å². The van der Waals surface area contributed by atoms with Gasteiger partial charge in [0.1, 0.15) is 0 Å². The molecule has 254 valence electrons. The largest absolute Gasteiger partial charge is 0.454 e. The second kappa shape index (κ2) is 13.4. The molecule has 0 radical (unpaired) electrons. The Labute approximate surface area is 298 Å². The van der Waals surface area contributed by atoms with Crippen LogP contribution in [0.4, 0.5) is 0 Å². The van der Waals surface area contributed by atoms with Crippen molar-refractivity contribution >= 4 is 23.1 Å². The molecule has 0 saturated carbocycles. The molecule has 1 unspecified atom stereocenters. The molecular weight excluding hydrogens is 673 g/mol. The smallest absolute Gasteiger partial charge is 0.231 e. The first kappa shape index (κ1) is 31.1. The molecular formula is C40H34O8S2. The predicted octanol–water partition coefficient (Wildman–Crippen LogP) is 8.61. The van der Waals surface area contributed by atoms with E-state index < -0.39 is 0 Å². The van der Waals surface area contributed by atoms with Crippen LogP contribution in [0.15, 0.2) is 107 Å². The van der Waals surface area contributed by atoms with E-state index in [-0.39, 0.29) is 37.8 Å². The molecule has 1 aromatic heterocycles. The zero-order valence-corrected chi connectivity index (χ0v) is 28.8. The first-order valence-corrected chi connectivity index (χ1v) is 18.3. The lowest BCUT2D eigenvalue weighted by atomic mass is 9.78. The van der Waals surface area contributed by atoms with E-state index in [1.54, 1.807) is 11.3 Å². The van der Waals surface area contributed by atoms with Gasteiger partial charge in [-0.15, -0.1) is 11.8 Å². The van der Waals surface area contributed by atoms with Gasteiger partial charge in [0, 0.05) is 11.2 Å². The summed E-state index contributed by atoms with van der Waals surface area (Å²) in [5, 5.41) is 4.08. The van der Waals surface area contributed by atoms with Gasteiger partial charge in [-0.2, -0.15) is 11.3 Å². The molecule has 5 aliphatic heterocycles. The highest BCUT2D eigenvalue weighted by Gasteiger charge is 2.44. The quantitative estimate of drug-likeness (QED) is 0.158. The van der Waals surface area contributed by atoms with Gasteiger partial charge in [0.25, 0.3) is 0 Å². The molecule has 1 atom stereocenters. The summed E-state index contributed by atoms with van der Waals surface area (Å²) in [5.74, 6) is 6.60. The van der Waals surface area contributed by atoms with Crippen LogP contribution in [-0.4, -0.2) is 31.9 Å². The molecule has 0 N–H and O–H groups in total. The van der Waals surface area contributed by atoms with Gasteiger partial charge in [-0.3, -0.25) is 0 Å². The standard InChI is InChI=1S/C36H30O8S.C4H4S/c1-5-28-32(41-18-37-28)11-22(1)9-26-15-27(10-23-2-6-29-33(12-23)42-19-38-29)45-36(26,16-24-3-7-30-34(13-24)43-20-39-30)17-25-4-8-31-35(14-25)44-21-40-31;1-2-4-5-3-1/h1-8,11-15,26H,9-10,16-21H2;1-4H. The lowest BCUT2D eigenvalue weighted by Gasteiger charge is -2.36. The van der Waals surface area contributed by atoms with Gasteiger partial charge in [-0.05, 0) is 112 Å². The Bertz CT molecular complexity index is 1960. The van der Waals surface area contributed by atoms with Gasteiger partial charge in [-0.25, -0.2) is 0 Å². The highest BCUT2D eigenvalue weighted by atomic mass is 32.2. The summed E-state index contributed by atoms with van der Waals surface area (Å²) in [6.45, 7) is 1.03. The van der Waals surface area contributed by atoms with Crippen LogP contribution in [0.25, 0.3) is 0 Å². The molecule has 0 aliphatic carbocycles. The molecule has 5 aliphatic rings. The summed E-state index contributed by atoms with van der Waals surface area (Å²) >= 11 is 3.70. The number of hydrogen-bond acceptors (Lipinski definition) is 10. The molecule has 0 fully saturated rings. The van der Waals surface area contributed by atoms with Crippen molar-refractivity contribution in [2.24, 2.45) is 5.92 Å². The van der Waals surface area contributed by atoms with E-state index in [2.05, 4.69) is 54.6 Å². The Morgan fingerprint density at radius 2 is 0.920 bits per heavy atom. The molecule has 0 spiro atoms. The van der Waals surface area contributed by atoms with Gasteiger partial charge in [0.15, 0.2) is 46.0 Å². The summed E-state index contributed by atoms with van der Waals surface area (Å²) in [7, 11) is 0. The number of benzene rings is 4. The van der Waals surface area contributed by atoms with E-state index in [9.17, 15) is 0 Å². The van der Waals surface area contributed by atoms with E-state index in [0.717, 1.165) is 71.7 Å². The number of fused-ring (bicyclic) bond motifs is 4. The molecule has 8 nitrogen and oxygen atoms in total. The number of thiophene rings is 1. The van der Waals surface area contributed by atoms with Crippen LogP contribution in [0.1, 0.15) is 22.3 Å². The molecule has 10 heteroatoms. The minimum Gasteiger partial charge on any atom is -0.454 e. The lowest BCUT2D eigenvalue weighted by molar-refractivity contribution is 0.173. The van der Waals surface area contributed by atoms with Crippen molar-refractivity contribution in [3.63, 3.8) is 0 Å². The van der Waals surface area contributed by atoms with Crippen LogP contribution in [0.5, 0.6) is 46.0 Å². The van der Waals surface area contributed by atoms with Gasteiger partial charge in [-0.1, -0.05) is 42.5 Å². The first-order valence-electron chi connectivity index (χ1n) is 16.6. The molecule has 0 saturated heterocycles. The van der Waals surface area contributed by atoms with Crippen LogP contribution < -0.4 is 37.9 Å². The number of ether oxygens (including phenoxy) is 8. The van der Waals surface area contributed by atoms with E-state index >= 15 is 0 Å². The average molecular weight is 707 g/mol. The van der Waals surface area contributed by atoms with Crippen molar-refractivity contribution in [3.8, 4) is 46.0 Å². The summed E-state index contributed by atoms with van der Waals surface area (Å²) in [6, 6.07) is 29.3. The fourth-order valence-electron chi connectivity index (χ4n) is 7.08. The molecule has 5 aromatic rings. The Kier molecular flexibility index (Phi) is 8.34. The Morgan fingerprint density at radius 3 is 1.40 bits per heavy atom. The second-order valence-corrected chi connectivity index (χ2v) is 15.0. The SMILES string of the molecule is C1=C(Cc2ccc3c(c2)OCO3)SC(Cc2ccc3c(c2)OCO3)(Cc2ccc3c(c2)OCO3)C1Cc1ccc2c(c1)OCO2.c1ccsc1. The van der Waals surface area contributed by atoms with Crippen LogP contribution in [0, 0.1) is 5.92 Å². The number of thioether (sulfide) groups is 1. The van der Waals surface area contributed by atoms with E-state index in [0.29, 0.717) is 0 Å². The van der Waals surface area contributed by atoms with Crippen LogP contribution in [0.3, 0.4) is 0 Å². The fourth-order valence-corrected chi connectivity index (χ4v) is 9.30. The van der Waals surface area contributed by atoms with Gasteiger partial charge >= 0.3 is 0 Å². The maximum Gasteiger partial charge on any atom is 0.231 e. The Hall–Kier alpha value is -4.93. The third-order valence-electron chi connectivity index (χ3n) is 9.41.